The lowest BCUT2D eigenvalue weighted by atomic mass is 10.3. The maximum atomic E-state index is 11.6. The van der Waals surface area contributed by atoms with Crippen LogP contribution in [-0.2, 0) is 14.3 Å². The topological polar surface area (TPSA) is 64.6 Å². The van der Waals surface area contributed by atoms with Crippen LogP contribution in [-0.4, -0.2) is 25.1 Å². The molecule has 0 radical (unpaired) electrons. The van der Waals surface area contributed by atoms with Crippen molar-refractivity contribution in [3.05, 3.63) is 58.6 Å². The number of nitrogens with one attached hydrogen (secondary N) is 1. The number of carbonyl (C=O) groups excluding carboxylic acids is 2. The number of carbonyl (C=O) groups is 2. The molecule has 0 aromatic heterocycles. The summed E-state index contributed by atoms with van der Waals surface area (Å²) in [7, 11) is 0. The van der Waals surface area contributed by atoms with Crippen LogP contribution in [0, 0.1) is 0 Å². The molecule has 0 atom stereocenters. The third-order valence-corrected chi connectivity index (χ3v) is 3.19. The molecule has 0 aliphatic heterocycles. The van der Waals surface area contributed by atoms with Crippen molar-refractivity contribution >= 4 is 40.8 Å². The van der Waals surface area contributed by atoms with Gasteiger partial charge in [0, 0.05) is 10.7 Å². The standard InChI is InChI=1S/C16H13Cl2NO4/c17-11-6-7-14(13(18)8-11)22-10-16(21)23-9-15(20)19-12-4-2-1-3-5-12/h1-8H,9-10H2,(H,19,20). The van der Waals surface area contributed by atoms with Gasteiger partial charge in [-0.05, 0) is 30.3 Å². The molecule has 0 saturated carbocycles. The molecule has 0 fully saturated rings. The number of halogens is 2. The van der Waals surface area contributed by atoms with E-state index in [9.17, 15) is 9.59 Å². The van der Waals surface area contributed by atoms with E-state index in [1.54, 1.807) is 36.4 Å². The first-order valence-corrected chi connectivity index (χ1v) is 7.38. The lowest BCUT2D eigenvalue weighted by molar-refractivity contribution is -0.149. The molecular formula is C16H13Cl2NO4. The van der Waals surface area contributed by atoms with E-state index in [2.05, 4.69) is 5.32 Å². The molecule has 2 aromatic carbocycles. The zero-order valence-electron chi connectivity index (χ0n) is 11.9. The molecule has 1 N–H and O–H groups in total. The summed E-state index contributed by atoms with van der Waals surface area (Å²) in [4.78, 5) is 23.2. The van der Waals surface area contributed by atoms with Gasteiger partial charge in [0.2, 0.25) is 0 Å². The first-order valence-electron chi connectivity index (χ1n) is 6.63. The maximum Gasteiger partial charge on any atom is 0.344 e. The number of para-hydroxylation sites is 1. The summed E-state index contributed by atoms with van der Waals surface area (Å²) in [5.74, 6) is -0.810. The number of benzene rings is 2. The van der Waals surface area contributed by atoms with Gasteiger partial charge in [-0.15, -0.1) is 0 Å². The fraction of sp³-hybridized carbons (Fsp3) is 0.125. The molecule has 1 amide bonds. The second-order valence-electron chi connectivity index (χ2n) is 4.44. The smallest absolute Gasteiger partial charge is 0.344 e. The lowest BCUT2D eigenvalue weighted by Crippen LogP contribution is -2.23. The van der Waals surface area contributed by atoms with Crippen LogP contribution in [0.1, 0.15) is 0 Å². The van der Waals surface area contributed by atoms with Crippen LogP contribution in [0.4, 0.5) is 5.69 Å². The minimum Gasteiger partial charge on any atom is -0.480 e. The Kier molecular flexibility index (Phi) is 6.26. The highest BCUT2D eigenvalue weighted by Gasteiger charge is 2.10. The molecule has 0 aliphatic rings. The predicted molar refractivity (Wildman–Crippen MR) is 88.0 cm³/mol. The van der Waals surface area contributed by atoms with Crippen molar-refractivity contribution in [3.63, 3.8) is 0 Å². The van der Waals surface area contributed by atoms with Crippen molar-refractivity contribution in [2.24, 2.45) is 0 Å². The molecule has 5 nitrogen and oxygen atoms in total. The van der Waals surface area contributed by atoms with E-state index in [1.165, 1.54) is 6.07 Å². The zero-order valence-corrected chi connectivity index (χ0v) is 13.4. The summed E-state index contributed by atoms with van der Waals surface area (Å²) in [6.07, 6.45) is 0. The molecule has 0 heterocycles. The fourth-order valence-corrected chi connectivity index (χ4v) is 2.10. The Morgan fingerprint density at radius 2 is 1.74 bits per heavy atom. The Hall–Kier alpha value is -2.24. The molecule has 0 unspecified atom stereocenters. The van der Waals surface area contributed by atoms with Crippen LogP contribution in [0.2, 0.25) is 10.0 Å². The first kappa shape index (κ1) is 17.1. The van der Waals surface area contributed by atoms with Gasteiger partial charge in [0.25, 0.3) is 5.91 Å². The minimum atomic E-state index is -0.681. The number of ether oxygens (including phenoxy) is 2. The van der Waals surface area contributed by atoms with E-state index in [0.29, 0.717) is 16.5 Å². The monoisotopic (exact) mass is 353 g/mol. The number of esters is 1. The second kappa shape index (κ2) is 8.41. The molecule has 2 rings (SSSR count). The minimum absolute atomic E-state index is 0.284. The Balaban J connectivity index is 1.73. The highest BCUT2D eigenvalue weighted by atomic mass is 35.5. The summed E-state index contributed by atoms with van der Waals surface area (Å²) < 4.78 is 10.0. The maximum absolute atomic E-state index is 11.6. The number of hydrogen-bond donors (Lipinski definition) is 1. The summed E-state index contributed by atoms with van der Waals surface area (Å²) in [6, 6.07) is 13.5. The third kappa shape index (κ3) is 5.81. The Morgan fingerprint density at radius 1 is 1.00 bits per heavy atom. The highest BCUT2D eigenvalue weighted by molar-refractivity contribution is 6.35. The van der Waals surface area contributed by atoms with Gasteiger partial charge in [-0.25, -0.2) is 4.79 Å². The third-order valence-electron chi connectivity index (χ3n) is 2.66. The Bertz CT molecular complexity index is 692. The van der Waals surface area contributed by atoms with Gasteiger partial charge in [0.15, 0.2) is 13.2 Å². The van der Waals surface area contributed by atoms with Crippen molar-refractivity contribution in [2.75, 3.05) is 18.5 Å². The summed E-state index contributed by atoms with van der Waals surface area (Å²) >= 11 is 11.7. The fourth-order valence-electron chi connectivity index (χ4n) is 1.64. The van der Waals surface area contributed by atoms with Gasteiger partial charge in [0.1, 0.15) is 5.75 Å². The van der Waals surface area contributed by atoms with Crippen molar-refractivity contribution in [1.29, 1.82) is 0 Å². The molecule has 0 bridgehead atoms. The van der Waals surface area contributed by atoms with Gasteiger partial charge in [0.05, 0.1) is 5.02 Å². The van der Waals surface area contributed by atoms with E-state index in [4.69, 9.17) is 32.7 Å². The van der Waals surface area contributed by atoms with Gasteiger partial charge < -0.3 is 14.8 Å². The van der Waals surface area contributed by atoms with Crippen LogP contribution in [0.5, 0.6) is 5.75 Å². The summed E-state index contributed by atoms with van der Waals surface area (Å²) in [5, 5.41) is 3.34. The van der Waals surface area contributed by atoms with E-state index in [1.807, 2.05) is 6.07 Å². The van der Waals surface area contributed by atoms with Crippen LogP contribution < -0.4 is 10.1 Å². The molecular weight excluding hydrogens is 341 g/mol. The molecule has 0 aliphatic carbocycles. The van der Waals surface area contributed by atoms with E-state index >= 15 is 0 Å². The molecule has 0 saturated heterocycles. The Morgan fingerprint density at radius 3 is 2.43 bits per heavy atom. The molecule has 120 valence electrons. The molecule has 2 aromatic rings. The van der Waals surface area contributed by atoms with Crippen LogP contribution in [0.25, 0.3) is 0 Å². The largest absolute Gasteiger partial charge is 0.480 e. The molecule has 7 heteroatoms. The number of hydrogen-bond acceptors (Lipinski definition) is 4. The number of rotatable bonds is 6. The van der Waals surface area contributed by atoms with Crippen molar-refractivity contribution < 1.29 is 19.1 Å². The number of anilines is 1. The van der Waals surface area contributed by atoms with Crippen LogP contribution in [0.15, 0.2) is 48.5 Å². The molecule has 0 spiro atoms. The second-order valence-corrected chi connectivity index (χ2v) is 5.28. The first-order chi connectivity index (χ1) is 11.0. The average molecular weight is 354 g/mol. The highest BCUT2D eigenvalue weighted by Crippen LogP contribution is 2.27. The average Bonchev–Trinajstić information content (AvgIpc) is 2.53. The number of amides is 1. The van der Waals surface area contributed by atoms with Crippen molar-refractivity contribution in [3.8, 4) is 5.75 Å². The normalized spacial score (nSPS) is 10.0. The van der Waals surface area contributed by atoms with Crippen LogP contribution >= 0.6 is 23.2 Å². The van der Waals surface area contributed by atoms with Crippen molar-refractivity contribution in [1.82, 2.24) is 0 Å². The van der Waals surface area contributed by atoms with Gasteiger partial charge in [-0.3, -0.25) is 4.79 Å². The van der Waals surface area contributed by atoms with E-state index < -0.39 is 18.5 Å². The quantitative estimate of drug-likeness (QED) is 0.806. The van der Waals surface area contributed by atoms with Crippen LogP contribution in [0.3, 0.4) is 0 Å². The summed E-state index contributed by atoms with van der Waals surface area (Å²) in [6.45, 7) is -0.759. The Labute approximate surface area is 143 Å². The zero-order chi connectivity index (χ0) is 16.7. The van der Waals surface area contributed by atoms with Gasteiger partial charge in [-0.1, -0.05) is 41.4 Å². The predicted octanol–water partition coefficient (Wildman–Crippen LogP) is 3.55. The summed E-state index contributed by atoms with van der Waals surface area (Å²) in [5.41, 5.74) is 0.623. The van der Waals surface area contributed by atoms with Gasteiger partial charge in [-0.2, -0.15) is 0 Å². The van der Waals surface area contributed by atoms with Gasteiger partial charge >= 0.3 is 5.97 Å². The van der Waals surface area contributed by atoms with E-state index in [0.717, 1.165) is 0 Å². The van der Waals surface area contributed by atoms with E-state index in [-0.39, 0.29) is 11.6 Å². The van der Waals surface area contributed by atoms with Crippen molar-refractivity contribution in [2.45, 2.75) is 0 Å². The lowest BCUT2D eigenvalue weighted by Gasteiger charge is -2.09. The SMILES string of the molecule is O=C(COC(=O)COc1ccc(Cl)cc1Cl)Nc1ccccc1. The molecule has 23 heavy (non-hydrogen) atoms.